The van der Waals surface area contributed by atoms with Crippen LogP contribution < -0.4 is 5.73 Å². The molecule has 2 rings (SSSR count). The van der Waals surface area contributed by atoms with E-state index in [9.17, 15) is 8.78 Å². The molecule has 1 aromatic rings. The van der Waals surface area contributed by atoms with E-state index in [4.69, 9.17) is 5.73 Å². The lowest BCUT2D eigenvalue weighted by molar-refractivity contribution is 0.0840. The van der Waals surface area contributed by atoms with Crippen molar-refractivity contribution in [2.24, 2.45) is 11.1 Å². The molecule has 18 heavy (non-hydrogen) atoms. The summed E-state index contributed by atoms with van der Waals surface area (Å²) in [5.74, 6) is -0.740. The average molecular weight is 254 g/mol. The predicted molar refractivity (Wildman–Crippen MR) is 68.0 cm³/mol. The second-order valence-electron chi connectivity index (χ2n) is 5.47. The van der Waals surface area contributed by atoms with Gasteiger partial charge in [0.1, 0.15) is 11.6 Å². The highest BCUT2D eigenvalue weighted by Gasteiger charge is 2.36. The normalized spacial score (nSPS) is 17.8. The fourth-order valence-corrected chi connectivity index (χ4v) is 2.69. The van der Waals surface area contributed by atoms with E-state index in [0.717, 1.165) is 25.5 Å². The van der Waals surface area contributed by atoms with Crippen molar-refractivity contribution in [3.8, 4) is 0 Å². The molecular weight excluding hydrogens is 234 g/mol. The minimum absolute atomic E-state index is 0.193. The quantitative estimate of drug-likeness (QED) is 0.875. The van der Waals surface area contributed by atoms with E-state index in [2.05, 4.69) is 0 Å². The molecule has 0 bridgehead atoms. The monoisotopic (exact) mass is 254 g/mol. The Morgan fingerprint density at radius 2 is 2.06 bits per heavy atom. The molecule has 0 atom stereocenters. The SMILES string of the molecule is CN(Cc1cc(F)ccc1F)CC1(CN)CCC1. The highest BCUT2D eigenvalue weighted by atomic mass is 19.1. The van der Waals surface area contributed by atoms with Crippen LogP contribution in [0.4, 0.5) is 8.78 Å². The number of nitrogens with zero attached hydrogens (tertiary/aromatic N) is 1. The number of hydrogen-bond donors (Lipinski definition) is 1. The Bertz CT molecular complexity index is 411. The van der Waals surface area contributed by atoms with Crippen LogP contribution in [0.2, 0.25) is 0 Å². The van der Waals surface area contributed by atoms with E-state index in [1.54, 1.807) is 0 Å². The molecule has 100 valence electrons. The number of hydrogen-bond acceptors (Lipinski definition) is 2. The summed E-state index contributed by atoms with van der Waals surface area (Å²) in [6, 6.07) is 3.59. The third-order valence-electron chi connectivity index (χ3n) is 3.90. The Labute approximate surface area is 107 Å². The molecule has 1 aromatic carbocycles. The minimum Gasteiger partial charge on any atom is -0.330 e. The van der Waals surface area contributed by atoms with Crippen LogP contribution in [-0.4, -0.2) is 25.0 Å². The molecule has 0 heterocycles. The summed E-state index contributed by atoms with van der Waals surface area (Å²) < 4.78 is 26.6. The number of benzene rings is 1. The van der Waals surface area contributed by atoms with Crippen LogP contribution >= 0.6 is 0 Å². The average Bonchev–Trinajstić information content (AvgIpc) is 2.28. The molecule has 1 saturated carbocycles. The van der Waals surface area contributed by atoms with Gasteiger partial charge in [0.05, 0.1) is 0 Å². The Morgan fingerprint density at radius 3 is 2.61 bits per heavy atom. The van der Waals surface area contributed by atoms with Gasteiger partial charge in [-0.2, -0.15) is 0 Å². The van der Waals surface area contributed by atoms with E-state index in [1.807, 2.05) is 11.9 Å². The van der Waals surface area contributed by atoms with Gasteiger partial charge in [-0.05, 0) is 50.0 Å². The molecule has 0 amide bonds. The third kappa shape index (κ3) is 2.87. The van der Waals surface area contributed by atoms with Crippen LogP contribution in [0.3, 0.4) is 0 Å². The fourth-order valence-electron chi connectivity index (χ4n) is 2.69. The summed E-state index contributed by atoms with van der Waals surface area (Å²) in [5.41, 5.74) is 6.40. The van der Waals surface area contributed by atoms with Gasteiger partial charge in [0.25, 0.3) is 0 Å². The van der Waals surface area contributed by atoms with Crippen molar-refractivity contribution in [3.63, 3.8) is 0 Å². The maximum atomic E-state index is 13.5. The van der Waals surface area contributed by atoms with Crippen LogP contribution in [0.25, 0.3) is 0 Å². The van der Waals surface area contributed by atoms with Crippen molar-refractivity contribution >= 4 is 0 Å². The Balaban J connectivity index is 1.98. The van der Waals surface area contributed by atoms with Gasteiger partial charge in [0.15, 0.2) is 0 Å². The summed E-state index contributed by atoms with van der Waals surface area (Å²) in [5, 5.41) is 0. The zero-order valence-electron chi connectivity index (χ0n) is 10.8. The standard InChI is InChI=1S/C14H20F2N2/c1-18(10-14(9-17)5-2-6-14)8-11-7-12(15)3-4-13(11)16/h3-4,7H,2,5-6,8-10,17H2,1H3. The number of halogens is 2. The molecule has 1 aliphatic rings. The van der Waals surface area contributed by atoms with Gasteiger partial charge in [-0.15, -0.1) is 0 Å². The van der Waals surface area contributed by atoms with Gasteiger partial charge >= 0.3 is 0 Å². The fraction of sp³-hybridized carbons (Fsp3) is 0.571. The summed E-state index contributed by atoms with van der Waals surface area (Å²) in [6.07, 6.45) is 3.50. The highest BCUT2D eigenvalue weighted by molar-refractivity contribution is 5.18. The molecule has 1 aliphatic carbocycles. The highest BCUT2D eigenvalue weighted by Crippen LogP contribution is 2.40. The molecular formula is C14H20F2N2. The molecule has 0 radical (unpaired) electrons. The zero-order valence-corrected chi connectivity index (χ0v) is 10.8. The maximum Gasteiger partial charge on any atom is 0.127 e. The molecule has 2 N–H and O–H groups in total. The first-order valence-electron chi connectivity index (χ1n) is 6.37. The van der Waals surface area contributed by atoms with Crippen LogP contribution in [0.1, 0.15) is 24.8 Å². The van der Waals surface area contributed by atoms with Crippen molar-refractivity contribution in [3.05, 3.63) is 35.4 Å². The molecule has 0 spiro atoms. The first-order valence-corrected chi connectivity index (χ1v) is 6.37. The van der Waals surface area contributed by atoms with Crippen LogP contribution in [-0.2, 0) is 6.54 Å². The Hall–Kier alpha value is -1.00. The topological polar surface area (TPSA) is 29.3 Å². The van der Waals surface area contributed by atoms with E-state index in [1.165, 1.54) is 18.6 Å². The second kappa shape index (κ2) is 5.33. The lowest BCUT2D eigenvalue weighted by atomic mass is 9.68. The van der Waals surface area contributed by atoms with Crippen LogP contribution in [0.15, 0.2) is 18.2 Å². The largest absolute Gasteiger partial charge is 0.330 e. The van der Waals surface area contributed by atoms with E-state index >= 15 is 0 Å². The van der Waals surface area contributed by atoms with E-state index in [-0.39, 0.29) is 11.2 Å². The van der Waals surface area contributed by atoms with Crippen molar-refractivity contribution < 1.29 is 8.78 Å². The number of rotatable bonds is 5. The molecule has 2 nitrogen and oxygen atoms in total. The Morgan fingerprint density at radius 1 is 1.33 bits per heavy atom. The van der Waals surface area contributed by atoms with Gasteiger partial charge in [-0.25, -0.2) is 8.78 Å². The van der Waals surface area contributed by atoms with Gasteiger partial charge in [-0.3, -0.25) is 0 Å². The lowest BCUT2D eigenvalue weighted by Gasteiger charge is -2.43. The molecule has 1 fully saturated rings. The van der Waals surface area contributed by atoms with Gasteiger partial charge in [-0.1, -0.05) is 6.42 Å². The summed E-state index contributed by atoms with van der Waals surface area (Å²) in [4.78, 5) is 2.03. The first kappa shape index (κ1) is 13.4. The van der Waals surface area contributed by atoms with Crippen molar-refractivity contribution in [2.75, 3.05) is 20.1 Å². The smallest absolute Gasteiger partial charge is 0.127 e. The molecule has 0 unspecified atom stereocenters. The van der Waals surface area contributed by atoms with Crippen LogP contribution in [0.5, 0.6) is 0 Å². The third-order valence-corrected chi connectivity index (χ3v) is 3.90. The van der Waals surface area contributed by atoms with Gasteiger partial charge in [0, 0.05) is 18.7 Å². The molecule has 0 saturated heterocycles. The van der Waals surface area contributed by atoms with Crippen molar-refractivity contribution in [1.82, 2.24) is 4.90 Å². The zero-order chi connectivity index (χ0) is 13.2. The minimum atomic E-state index is -0.392. The lowest BCUT2D eigenvalue weighted by Crippen LogP contribution is -2.45. The van der Waals surface area contributed by atoms with Crippen LogP contribution in [0, 0.1) is 17.0 Å². The van der Waals surface area contributed by atoms with Crippen molar-refractivity contribution in [2.45, 2.75) is 25.8 Å². The molecule has 0 aliphatic heterocycles. The summed E-state index contributed by atoms with van der Waals surface area (Å²) >= 11 is 0. The maximum absolute atomic E-state index is 13.5. The summed E-state index contributed by atoms with van der Waals surface area (Å²) in [7, 11) is 1.93. The Kier molecular flexibility index (Phi) is 3.97. The van der Waals surface area contributed by atoms with E-state index < -0.39 is 5.82 Å². The summed E-state index contributed by atoms with van der Waals surface area (Å²) in [6.45, 7) is 1.94. The van der Waals surface area contributed by atoms with Crippen molar-refractivity contribution in [1.29, 1.82) is 0 Å². The van der Waals surface area contributed by atoms with Gasteiger partial charge < -0.3 is 10.6 Å². The molecule has 4 heteroatoms. The molecule has 0 aromatic heterocycles. The second-order valence-corrected chi connectivity index (χ2v) is 5.47. The van der Waals surface area contributed by atoms with E-state index in [0.29, 0.717) is 18.7 Å². The van der Waals surface area contributed by atoms with Gasteiger partial charge in [0.2, 0.25) is 0 Å². The first-order chi connectivity index (χ1) is 8.54. The predicted octanol–water partition coefficient (Wildman–Crippen LogP) is 2.53. The number of nitrogens with two attached hydrogens (primary N) is 1.